The molecule has 1 amide bonds. The van der Waals surface area contributed by atoms with Crippen molar-refractivity contribution in [2.75, 3.05) is 18.4 Å². The van der Waals surface area contributed by atoms with Crippen LogP contribution in [0.3, 0.4) is 0 Å². The first-order valence-corrected chi connectivity index (χ1v) is 11.4. The van der Waals surface area contributed by atoms with Gasteiger partial charge in [-0.05, 0) is 50.7 Å². The van der Waals surface area contributed by atoms with Gasteiger partial charge in [0, 0.05) is 31.1 Å². The first kappa shape index (κ1) is 20.0. The number of hydrogen-bond acceptors (Lipinski definition) is 4. The summed E-state index contributed by atoms with van der Waals surface area (Å²) in [5, 5.41) is 7.35. The fourth-order valence-corrected chi connectivity index (χ4v) is 5.23. The van der Waals surface area contributed by atoms with E-state index in [4.69, 9.17) is 0 Å². The molecule has 9 heteroatoms. The zero-order chi connectivity index (χ0) is 20.6. The van der Waals surface area contributed by atoms with Crippen LogP contribution < -0.4 is 5.32 Å². The molecule has 2 aromatic rings. The Labute approximate surface area is 169 Å². The molecule has 0 spiro atoms. The number of amides is 1. The van der Waals surface area contributed by atoms with E-state index in [2.05, 4.69) is 10.4 Å². The van der Waals surface area contributed by atoms with Crippen LogP contribution in [0.2, 0.25) is 0 Å². The zero-order valence-electron chi connectivity index (χ0n) is 16.3. The number of anilines is 1. The first-order valence-electron chi connectivity index (χ1n) is 9.94. The van der Waals surface area contributed by atoms with Crippen molar-refractivity contribution < 1.29 is 17.6 Å². The van der Waals surface area contributed by atoms with E-state index in [-0.39, 0.29) is 29.8 Å². The minimum absolute atomic E-state index is 0.117. The number of halogens is 1. The van der Waals surface area contributed by atoms with E-state index in [1.54, 1.807) is 6.20 Å². The van der Waals surface area contributed by atoms with Gasteiger partial charge in [0.15, 0.2) is 0 Å². The monoisotopic (exact) mass is 420 g/mol. The predicted molar refractivity (Wildman–Crippen MR) is 106 cm³/mol. The number of nitrogens with zero attached hydrogens (tertiary/aromatic N) is 3. The van der Waals surface area contributed by atoms with Crippen LogP contribution >= 0.6 is 0 Å². The van der Waals surface area contributed by atoms with E-state index in [1.807, 2.05) is 11.6 Å². The Balaban J connectivity index is 1.39. The van der Waals surface area contributed by atoms with Crippen LogP contribution in [-0.2, 0) is 21.4 Å². The first-order chi connectivity index (χ1) is 13.9. The lowest BCUT2D eigenvalue weighted by Gasteiger charge is -2.30. The number of sulfonamides is 1. The van der Waals surface area contributed by atoms with Crippen molar-refractivity contribution in [2.24, 2.45) is 11.8 Å². The number of aromatic nitrogens is 2. The summed E-state index contributed by atoms with van der Waals surface area (Å²) in [6.07, 6.45) is 4.94. The van der Waals surface area contributed by atoms with Gasteiger partial charge in [-0.25, -0.2) is 17.5 Å². The number of benzene rings is 1. The lowest BCUT2D eigenvalue weighted by atomic mass is 9.97. The van der Waals surface area contributed by atoms with Gasteiger partial charge in [-0.15, -0.1) is 0 Å². The Hall–Kier alpha value is -2.26. The summed E-state index contributed by atoms with van der Waals surface area (Å²) in [5.74, 6) is 0.200. The molecular weight excluding hydrogens is 395 g/mol. The fourth-order valence-electron chi connectivity index (χ4n) is 3.70. The molecule has 1 aliphatic heterocycles. The molecule has 29 heavy (non-hydrogen) atoms. The van der Waals surface area contributed by atoms with Gasteiger partial charge in [-0.3, -0.25) is 4.79 Å². The van der Waals surface area contributed by atoms with Gasteiger partial charge in [0.1, 0.15) is 16.5 Å². The SMILES string of the molecule is Cc1cnn(CC2CC2)c1NC(=O)C1CCN(S(=O)(=O)c2ccccc2F)CC1. The second kappa shape index (κ2) is 7.87. The van der Waals surface area contributed by atoms with Gasteiger partial charge < -0.3 is 5.32 Å². The van der Waals surface area contributed by atoms with E-state index < -0.39 is 15.8 Å². The maximum absolute atomic E-state index is 13.9. The minimum atomic E-state index is -3.90. The number of aryl methyl sites for hydroxylation is 1. The van der Waals surface area contributed by atoms with E-state index in [0.717, 1.165) is 24.0 Å². The van der Waals surface area contributed by atoms with Crippen molar-refractivity contribution in [1.82, 2.24) is 14.1 Å². The van der Waals surface area contributed by atoms with E-state index >= 15 is 0 Å². The number of carbonyl (C=O) groups is 1. The largest absolute Gasteiger partial charge is 0.310 e. The summed E-state index contributed by atoms with van der Waals surface area (Å²) in [7, 11) is -3.90. The Kier molecular flexibility index (Phi) is 5.44. The van der Waals surface area contributed by atoms with Crippen molar-refractivity contribution in [3.8, 4) is 0 Å². The van der Waals surface area contributed by atoms with Crippen LogP contribution in [0.25, 0.3) is 0 Å². The summed E-state index contributed by atoms with van der Waals surface area (Å²) >= 11 is 0. The molecule has 2 fully saturated rings. The summed E-state index contributed by atoms with van der Waals surface area (Å²) in [5.41, 5.74) is 0.915. The molecular formula is C20H25FN4O3S. The quantitative estimate of drug-likeness (QED) is 0.779. The van der Waals surface area contributed by atoms with Gasteiger partial charge in [0.25, 0.3) is 0 Å². The van der Waals surface area contributed by atoms with Crippen molar-refractivity contribution >= 4 is 21.7 Å². The van der Waals surface area contributed by atoms with Gasteiger partial charge >= 0.3 is 0 Å². The van der Waals surface area contributed by atoms with Crippen LogP contribution in [0.15, 0.2) is 35.4 Å². The molecule has 156 valence electrons. The lowest BCUT2D eigenvalue weighted by Crippen LogP contribution is -2.41. The third-order valence-corrected chi connectivity index (χ3v) is 7.60. The van der Waals surface area contributed by atoms with Gasteiger partial charge in [0.2, 0.25) is 15.9 Å². The Morgan fingerprint density at radius 2 is 1.90 bits per heavy atom. The third kappa shape index (κ3) is 4.20. The molecule has 1 saturated carbocycles. The average Bonchev–Trinajstić information content (AvgIpc) is 3.47. The average molecular weight is 421 g/mol. The lowest BCUT2D eigenvalue weighted by molar-refractivity contribution is -0.121. The van der Waals surface area contributed by atoms with E-state index in [1.165, 1.54) is 35.3 Å². The highest BCUT2D eigenvalue weighted by Gasteiger charge is 2.34. The Bertz CT molecular complexity index is 1010. The topological polar surface area (TPSA) is 84.3 Å². The summed E-state index contributed by atoms with van der Waals surface area (Å²) in [6.45, 7) is 3.10. The Morgan fingerprint density at radius 3 is 2.55 bits per heavy atom. The van der Waals surface area contributed by atoms with Crippen molar-refractivity contribution in [2.45, 2.75) is 44.0 Å². The number of carbonyl (C=O) groups excluding carboxylic acids is 1. The molecule has 2 heterocycles. The van der Waals surface area contributed by atoms with Gasteiger partial charge in [-0.1, -0.05) is 12.1 Å². The number of rotatable bonds is 6. The van der Waals surface area contributed by atoms with Crippen LogP contribution in [0.1, 0.15) is 31.2 Å². The molecule has 0 radical (unpaired) electrons. The number of nitrogens with one attached hydrogen (secondary N) is 1. The molecule has 1 aliphatic carbocycles. The predicted octanol–water partition coefficient (Wildman–Crippen LogP) is 2.78. The van der Waals surface area contributed by atoms with Crippen LogP contribution in [-0.4, -0.2) is 41.5 Å². The number of piperidine rings is 1. The molecule has 1 N–H and O–H groups in total. The molecule has 0 bridgehead atoms. The summed E-state index contributed by atoms with van der Waals surface area (Å²) in [4.78, 5) is 12.5. The van der Waals surface area contributed by atoms with Crippen molar-refractivity contribution in [3.05, 3.63) is 41.8 Å². The highest BCUT2D eigenvalue weighted by atomic mass is 32.2. The normalized spacial score (nSPS) is 18.7. The third-order valence-electron chi connectivity index (χ3n) is 5.67. The molecule has 7 nitrogen and oxygen atoms in total. The van der Waals surface area contributed by atoms with Crippen molar-refractivity contribution in [1.29, 1.82) is 0 Å². The van der Waals surface area contributed by atoms with E-state index in [9.17, 15) is 17.6 Å². The fraction of sp³-hybridized carbons (Fsp3) is 0.500. The molecule has 2 aliphatic rings. The van der Waals surface area contributed by atoms with Crippen LogP contribution in [0.5, 0.6) is 0 Å². The van der Waals surface area contributed by atoms with Gasteiger partial charge in [-0.2, -0.15) is 9.40 Å². The second-order valence-electron chi connectivity index (χ2n) is 7.90. The molecule has 1 aromatic heterocycles. The molecule has 1 saturated heterocycles. The molecule has 0 atom stereocenters. The van der Waals surface area contributed by atoms with Crippen LogP contribution in [0.4, 0.5) is 10.2 Å². The second-order valence-corrected chi connectivity index (χ2v) is 9.81. The number of hydrogen-bond donors (Lipinski definition) is 1. The van der Waals surface area contributed by atoms with Gasteiger partial charge in [0.05, 0.1) is 6.20 Å². The minimum Gasteiger partial charge on any atom is -0.310 e. The Morgan fingerprint density at radius 1 is 1.21 bits per heavy atom. The maximum atomic E-state index is 13.9. The summed E-state index contributed by atoms with van der Waals surface area (Å²) < 4.78 is 42.5. The highest BCUT2D eigenvalue weighted by molar-refractivity contribution is 7.89. The van der Waals surface area contributed by atoms with Crippen LogP contribution in [0, 0.1) is 24.6 Å². The zero-order valence-corrected chi connectivity index (χ0v) is 17.2. The highest BCUT2D eigenvalue weighted by Crippen LogP contribution is 2.32. The molecule has 4 rings (SSSR count). The molecule has 0 unspecified atom stereocenters. The smallest absolute Gasteiger partial charge is 0.245 e. The molecule has 1 aromatic carbocycles. The summed E-state index contributed by atoms with van der Waals surface area (Å²) in [6, 6.07) is 5.37. The van der Waals surface area contributed by atoms with Crippen molar-refractivity contribution in [3.63, 3.8) is 0 Å². The van der Waals surface area contributed by atoms with E-state index in [0.29, 0.717) is 18.8 Å². The standard InChI is InChI=1S/C20H25FN4O3S/c1-14-12-22-25(13-15-6-7-15)19(14)23-20(26)16-8-10-24(11-9-16)29(27,28)18-5-3-2-4-17(18)21/h2-5,12,15-16H,6-11,13H2,1H3,(H,23,26). The maximum Gasteiger partial charge on any atom is 0.245 e.